The molecule has 0 aliphatic heterocycles. The molecule has 3 rings (SSSR count). The standard InChI is InChI=1S/C19H16Cl2N4O2/c1-11-16(12(2)26)5-4-15(24-11)9-22-19(27)13-8-23-25(10-13)18-6-3-14(20)7-17(18)21/h3-8,10H,9H2,1-2H3,(H,22,27). The minimum atomic E-state index is -0.290. The Bertz CT molecular complexity index is 1030. The third-order valence-electron chi connectivity index (χ3n) is 3.95. The van der Waals surface area contributed by atoms with Crippen LogP contribution in [0.3, 0.4) is 0 Å². The van der Waals surface area contributed by atoms with Crippen molar-refractivity contribution in [1.82, 2.24) is 20.1 Å². The van der Waals surface area contributed by atoms with Crippen molar-refractivity contribution in [3.63, 3.8) is 0 Å². The molecule has 27 heavy (non-hydrogen) atoms. The molecule has 0 atom stereocenters. The van der Waals surface area contributed by atoms with Gasteiger partial charge >= 0.3 is 0 Å². The summed E-state index contributed by atoms with van der Waals surface area (Å²) < 4.78 is 1.51. The molecule has 2 aromatic heterocycles. The maximum atomic E-state index is 12.4. The molecular weight excluding hydrogens is 387 g/mol. The molecule has 1 N–H and O–H groups in total. The molecule has 138 valence electrons. The van der Waals surface area contributed by atoms with E-state index in [4.69, 9.17) is 23.2 Å². The van der Waals surface area contributed by atoms with E-state index < -0.39 is 0 Å². The first-order chi connectivity index (χ1) is 12.8. The minimum Gasteiger partial charge on any atom is -0.346 e. The number of hydrogen-bond acceptors (Lipinski definition) is 4. The predicted octanol–water partition coefficient (Wildman–Crippen LogP) is 4.02. The highest BCUT2D eigenvalue weighted by Gasteiger charge is 2.12. The highest BCUT2D eigenvalue weighted by Crippen LogP contribution is 2.24. The summed E-state index contributed by atoms with van der Waals surface area (Å²) in [5.41, 5.74) is 2.89. The lowest BCUT2D eigenvalue weighted by Gasteiger charge is -2.07. The van der Waals surface area contributed by atoms with E-state index in [-0.39, 0.29) is 18.2 Å². The Balaban J connectivity index is 1.70. The van der Waals surface area contributed by atoms with Crippen LogP contribution in [0, 0.1) is 6.92 Å². The van der Waals surface area contributed by atoms with E-state index in [1.54, 1.807) is 43.5 Å². The summed E-state index contributed by atoms with van der Waals surface area (Å²) in [6.07, 6.45) is 3.04. The van der Waals surface area contributed by atoms with Gasteiger partial charge in [-0.3, -0.25) is 14.6 Å². The molecule has 2 heterocycles. The summed E-state index contributed by atoms with van der Waals surface area (Å²) >= 11 is 12.1. The lowest BCUT2D eigenvalue weighted by atomic mass is 10.1. The topological polar surface area (TPSA) is 76.9 Å². The summed E-state index contributed by atoms with van der Waals surface area (Å²) in [7, 11) is 0. The van der Waals surface area contributed by atoms with Crippen molar-refractivity contribution in [1.29, 1.82) is 0 Å². The molecule has 0 aliphatic rings. The van der Waals surface area contributed by atoms with Crippen molar-refractivity contribution in [3.05, 3.63) is 75.3 Å². The van der Waals surface area contributed by atoms with Gasteiger partial charge in [-0.2, -0.15) is 5.10 Å². The van der Waals surface area contributed by atoms with Crippen molar-refractivity contribution in [3.8, 4) is 5.69 Å². The van der Waals surface area contributed by atoms with Crippen molar-refractivity contribution >= 4 is 34.9 Å². The zero-order valence-electron chi connectivity index (χ0n) is 14.7. The number of carbonyl (C=O) groups excluding carboxylic acids is 2. The first-order valence-corrected chi connectivity index (χ1v) is 8.86. The molecule has 0 bridgehead atoms. The fraction of sp³-hybridized carbons (Fsp3) is 0.158. The number of Topliss-reactive ketones (excluding diaryl/α,β-unsaturated/α-hetero) is 1. The van der Waals surface area contributed by atoms with Crippen molar-refractivity contribution < 1.29 is 9.59 Å². The third-order valence-corrected chi connectivity index (χ3v) is 4.49. The van der Waals surface area contributed by atoms with Gasteiger partial charge in [0.05, 0.1) is 34.7 Å². The number of halogens is 2. The van der Waals surface area contributed by atoms with Crippen LogP contribution in [0.2, 0.25) is 10.0 Å². The molecule has 1 amide bonds. The summed E-state index contributed by atoms with van der Waals surface area (Å²) in [5, 5.41) is 7.91. The van der Waals surface area contributed by atoms with Gasteiger partial charge in [-0.25, -0.2) is 4.68 Å². The van der Waals surface area contributed by atoms with Crippen molar-refractivity contribution in [2.45, 2.75) is 20.4 Å². The minimum absolute atomic E-state index is 0.0381. The van der Waals surface area contributed by atoms with Gasteiger partial charge in [0.25, 0.3) is 5.91 Å². The molecule has 0 radical (unpaired) electrons. The van der Waals surface area contributed by atoms with Gasteiger partial charge in [-0.1, -0.05) is 23.2 Å². The molecule has 1 aromatic carbocycles. The van der Waals surface area contributed by atoms with E-state index in [1.165, 1.54) is 17.8 Å². The number of nitrogens with zero attached hydrogens (tertiary/aromatic N) is 3. The van der Waals surface area contributed by atoms with Crippen LogP contribution in [0.15, 0.2) is 42.7 Å². The first-order valence-electron chi connectivity index (χ1n) is 8.11. The Kier molecular flexibility index (Phi) is 5.58. The smallest absolute Gasteiger partial charge is 0.254 e. The van der Waals surface area contributed by atoms with Gasteiger partial charge in [0.15, 0.2) is 5.78 Å². The number of hydrogen-bond donors (Lipinski definition) is 1. The maximum absolute atomic E-state index is 12.4. The lowest BCUT2D eigenvalue weighted by Crippen LogP contribution is -2.23. The van der Waals surface area contributed by atoms with Crippen LogP contribution in [0.25, 0.3) is 5.69 Å². The Hall–Kier alpha value is -2.70. The predicted molar refractivity (Wildman–Crippen MR) is 104 cm³/mol. The molecule has 8 heteroatoms. The highest BCUT2D eigenvalue weighted by molar-refractivity contribution is 6.35. The number of nitrogens with one attached hydrogen (secondary N) is 1. The summed E-state index contributed by atoms with van der Waals surface area (Å²) in [6, 6.07) is 8.47. The number of ketones is 1. The number of pyridine rings is 1. The van der Waals surface area contributed by atoms with Gasteiger partial charge in [0.2, 0.25) is 0 Å². The fourth-order valence-electron chi connectivity index (χ4n) is 2.60. The molecule has 0 aliphatic carbocycles. The molecule has 0 saturated heterocycles. The van der Waals surface area contributed by atoms with E-state index in [2.05, 4.69) is 15.4 Å². The van der Waals surface area contributed by atoms with Crippen molar-refractivity contribution in [2.75, 3.05) is 0 Å². The fourth-order valence-corrected chi connectivity index (χ4v) is 3.09. The number of aromatic nitrogens is 3. The molecule has 3 aromatic rings. The zero-order chi connectivity index (χ0) is 19.6. The third kappa shape index (κ3) is 4.35. The number of benzene rings is 1. The first kappa shape index (κ1) is 19.1. The molecule has 6 nitrogen and oxygen atoms in total. The Morgan fingerprint density at radius 3 is 2.63 bits per heavy atom. The second kappa shape index (κ2) is 7.90. The molecule has 0 unspecified atom stereocenters. The van der Waals surface area contributed by atoms with Gasteiger partial charge in [-0.15, -0.1) is 0 Å². The average molecular weight is 403 g/mol. The number of rotatable bonds is 5. The van der Waals surface area contributed by atoms with Crippen molar-refractivity contribution in [2.24, 2.45) is 0 Å². The number of amides is 1. The average Bonchev–Trinajstić information content (AvgIpc) is 3.09. The normalized spacial score (nSPS) is 10.7. The van der Waals surface area contributed by atoms with Gasteiger partial charge < -0.3 is 5.32 Å². The van der Waals surface area contributed by atoms with E-state index in [1.807, 2.05) is 0 Å². The molecule has 0 spiro atoms. The zero-order valence-corrected chi connectivity index (χ0v) is 16.2. The molecule has 0 saturated carbocycles. The molecular formula is C19H16Cl2N4O2. The maximum Gasteiger partial charge on any atom is 0.254 e. The lowest BCUT2D eigenvalue weighted by molar-refractivity contribution is 0.0949. The quantitative estimate of drug-likeness (QED) is 0.653. The van der Waals surface area contributed by atoms with Gasteiger partial charge in [0.1, 0.15) is 0 Å². The van der Waals surface area contributed by atoms with Crippen LogP contribution >= 0.6 is 23.2 Å². The summed E-state index contributed by atoms with van der Waals surface area (Å²) in [5.74, 6) is -0.328. The van der Waals surface area contributed by atoms with E-state index in [9.17, 15) is 9.59 Å². The van der Waals surface area contributed by atoms with Gasteiger partial charge in [-0.05, 0) is 44.2 Å². The second-order valence-corrected chi connectivity index (χ2v) is 6.79. The van der Waals surface area contributed by atoms with Crippen LogP contribution in [-0.2, 0) is 6.54 Å². The largest absolute Gasteiger partial charge is 0.346 e. The van der Waals surface area contributed by atoms with Crippen LogP contribution < -0.4 is 5.32 Å². The monoisotopic (exact) mass is 402 g/mol. The SMILES string of the molecule is CC(=O)c1ccc(CNC(=O)c2cnn(-c3ccc(Cl)cc3Cl)c2)nc1C. The van der Waals surface area contributed by atoms with E-state index in [0.29, 0.717) is 38.2 Å². The van der Waals surface area contributed by atoms with E-state index in [0.717, 1.165) is 0 Å². The van der Waals surface area contributed by atoms with E-state index >= 15 is 0 Å². The van der Waals surface area contributed by atoms with Gasteiger partial charge in [0, 0.05) is 22.5 Å². The Morgan fingerprint density at radius 2 is 1.96 bits per heavy atom. The Labute approximate surface area is 166 Å². The summed E-state index contributed by atoms with van der Waals surface area (Å²) in [4.78, 5) is 28.2. The van der Waals surface area contributed by atoms with Crippen LogP contribution in [0.5, 0.6) is 0 Å². The second-order valence-electron chi connectivity index (χ2n) is 5.94. The Morgan fingerprint density at radius 1 is 1.19 bits per heavy atom. The molecule has 0 fully saturated rings. The number of carbonyl (C=O) groups is 2. The summed E-state index contributed by atoms with van der Waals surface area (Å²) in [6.45, 7) is 3.50. The highest BCUT2D eigenvalue weighted by atomic mass is 35.5. The van der Waals surface area contributed by atoms with Crippen LogP contribution in [0.4, 0.5) is 0 Å². The number of aryl methyl sites for hydroxylation is 1. The van der Waals surface area contributed by atoms with Crippen LogP contribution in [0.1, 0.15) is 39.0 Å². The van der Waals surface area contributed by atoms with Crippen LogP contribution in [-0.4, -0.2) is 26.5 Å².